The molecule has 0 aromatic heterocycles. The SMILES string of the molecule is C[C@H]1CCOCCN1c1ccc([N+](=O)[O-])c(C#N)c1. The first-order valence-corrected chi connectivity index (χ1v) is 6.16. The molecule has 6 nitrogen and oxygen atoms in total. The molecule has 0 bridgehead atoms. The fraction of sp³-hybridized carbons (Fsp3) is 0.462. The van der Waals surface area contributed by atoms with Crippen molar-refractivity contribution in [1.82, 2.24) is 0 Å². The number of hydrogen-bond acceptors (Lipinski definition) is 5. The molecule has 1 atom stereocenters. The van der Waals surface area contributed by atoms with Gasteiger partial charge in [-0.15, -0.1) is 0 Å². The molecule has 0 radical (unpaired) electrons. The maximum Gasteiger partial charge on any atom is 0.287 e. The Bertz CT molecular complexity index is 524. The third kappa shape index (κ3) is 2.83. The zero-order valence-corrected chi connectivity index (χ0v) is 10.7. The minimum atomic E-state index is -0.530. The van der Waals surface area contributed by atoms with Gasteiger partial charge in [-0.05, 0) is 25.5 Å². The lowest BCUT2D eigenvalue weighted by molar-refractivity contribution is -0.385. The molecular formula is C13H15N3O3. The number of nitriles is 1. The summed E-state index contributed by atoms with van der Waals surface area (Å²) in [4.78, 5) is 12.4. The average molecular weight is 261 g/mol. The minimum Gasteiger partial charge on any atom is -0.380 e. The Kier molecular flexibility index (Phi) is 3.97. The van der Waals surface area contributed by atoms with Crippen LogP contribution in [0.3, 0.4) is 0 Å². The van der Waals surface area contributed by atoms with Gasteiger partial charge in [-0.1, -0.05) is 0 Å². The molecular weight excluding hydrogens is 246 g/mol. The normalized spacial score (nSPS) is 19.6. The molecule has 0 N–H and O–H groups in total. The highest BCUT2D eigenvalue weighted by Gasteiger charge is 2.21. The maximum absolute atomic E-state index is 10.8. The molecule has 1 saturated heterocycles. The van der Waals surface area contributed by atoms with E-state index in [1.807, 2.05) is 6.07 Å². The van der Waals surface area contributed by atoms with E-state index < -0.39 is 4.92 Å². The molecule has 0 amide bonds. The molecule has 1 aromatic carbocycles. The van der Waals surface area contributed by atoms with Gasteiger partial charge in [0.2, 0.25) is 0 Å². The van der Waals surface area contributed by atoms with Gasteiger partial charge in [0.05, 0.1) is 11.5 Å². The van der Waals surface area contributed by atoms with Crippen molar-refractivity contribution < 1.29 is 9.66 Å². The summed E-state index contributed by atoms with van der Waals surface area (Å²) in [7, 11) is 0. The second-order valence-corrected chi connectivity index (χ2v) is 4.51. The number of rotatable bonds is 2. The van der Waals surface area contributed by atoms with Crippen LogP contribution >= 0.6 is 0 Å². The van der Waals surface area contributed by atoms with Crippen molar-refractivity contribution in [2.45, 2.75) is 19.4 Å². The summed E-state index contributed by atoms with van der Waals surface area (Å²) in [6.07, 6.45) is 0.902. The van der Waals surface area contributed by atoms with E-state index in [0.717, 1.165) is 25.3 Å². The zero-order valence-electron chi connectivity index (χ0n) is 10.7. The first kappa shape index (κ1) is 13.3. The van der Waals surface area contributed by atoms with E-state index in [-0.39, 0.29) is 17.3 Å². The fourth-order valence-corrected chi connectivity index (χ4v) is 2.23. The number of ether oxygens (including phenoxy) is 1. The Balaban J connectivity index is 2.35. The number of benzene rings is 1. The summed E-state index contributed by atoms with van der Waals surface area (Å²) in [6, 6.07) is 6.85. The van der Waals surface area contributed by atoms with Crippen molar-refractivity contribution in [3.05, 3.63) is 33.9 Å². The molecule has 2 rings (SSSR count). The summed E-state index contributed by atoms with van der Waals surface area (Å²) >= 11 is 0. The molecule has 100 valence electrons. The molecule has 0 saturated carbocycles. The van der Waals surface area contributed by atoms with Crippen LogP contribution in [0.15, 0.2) is 18.2 Å². The monoisotopic (exact) mass is 261 g/mol. The van der Waals surface area contributed by atoms with Gasteiger partial charge in [0.15, 0.2) is 0 Å². The van der Waals surface area contributed by atoms with Crippen molar-refractivity contribution in [2.75, 3.05) is 24.7 Å². The quantitative estimate of drug-likeness (QED) is 0.601. The van der Waals surface area contributed by atoms with Crippen molar-refractivity contribution in [2.24, 2.45) is 0 Å². The summed E-state index contributed by atoms with van der Waals surface area (Å²) in [6.45, 7) is 4.16. The van der Waals surface area contributed by atoms with Gasteiger partial charge in [0, 0.05) is 30.9 Å². The number of nitro groups is 1. The third-order valence-corrected chi connectivity index (χ3v) is 3.32. The largest absolute Gasteiger partial charge is 0.380 e. The highest BCUT2D eigenvalue weighted by atomic mass is 16.6. The smallest absolute Gasteiger partial charge is 0.287 e. The fourth-order valence-electron chi connectivity index (χ4n) is 2.23. The Morgan fingerprint density at radius 3 is 3.00 bits per heavy atom. The van der Waals surface area contributed by atoms with Crippen LogP contribution in [0.4, 0.5) is 11.4 Å². The van der Waals surface area contributed by atoms with E-state index in [1.165, 1.54) is 6.07 Å². The molecule has 1 aromatic rings. The van der Waals surface area contributed by atoms with E-state index in [0.29, 0.717) is 6.61 Å². The number of anilines is 1. The van der Waals surface area contributed by atoms with Crippen LogP contribution in [-0.4, -0.2) is 30.7 Å². The van der Waals surface area contributed by atoms with Crippen LogP contribution in [0.2, 0.25) is 0 Å². The Morgan fingerprint density at radius 1 is 1.53 bits per heavy atom. The van der Waals surface area contributed by atoms with Crippen molar-refractivity contribution in [3.63, 3.8) is 0 Å². The number of nitrogens with zero attached hydrogens (tertiary/aromatic N) is 3. The standard InChI is InChI=1S/C13H15N3O3/c1-10-4-6-19-7-5-15(10)12-2-3-13(16(17)18)11(8-12)9-14/h2-3,8,10H,4-7H2,1H3/t10-/m0/s1. The summed E-state index contributed by atoms with van der Waals surface area (Å²) < 4.78 is 5.42. The summed E-state index contributed by atoms with van der Waals surface area (Å²) in [5.41, 5.74) is 0.782. The first-order valence-electron chi connectivity index (χ1n) is 6.16. The summed E-state index contributed by atoms with van der Waals surface area (Å²) in [5, 5.41) is 19.8. The van der Waals surface area contributed by atoms with Crippen molar-refractivity contribution in [1.29, 1.82) is 5.26 Å². The van der Waals surface area contributed by atoms with Crippen LogP contribution in [0.1, 0.15) is 18.9 Å². The molecule has 0 unspecified atom stereocenters. The van der Waals surface area contributed by atoms with Gasteiger partial charge in [-0.25, -0.2) is 0 Å². The van der Waals surface area contributed by atoms with Gasteiger partial charge in [0.25, 0.3) is 5.69 Å². The lowest BCUT2D eigenvalue weighted by atomic mass is 10.1. The molecule has 0 spiro atoms. The van der Waals surface area contributed by atoms with E-state index in [2.05, 4.69) is 11.8 Å². The number of hydrogen-bond donors (Lipinski definition) is 0. The van der Waals surface area contributed by atoms with Gasteiger partial charge in [-0.3, -0.25) is 10.1 Å². The molecule has 1 aliphatic rings. The number of nitro benzene ring substituents is 1. The van der Waals surface area contributed by atoms with Gasteiger partial charge < -0.3 is 9.64 Å². The predicted molar refractivity (Wildman–Crippen MR) is 70.1 cm³/mol. The Hall–Kier alpha value is -2.13. The first-order chi connectivity index (χ1) is 9.13. The van der Waals surface area contributed by atoms with E-state index in [4.69, 9.17) is 10.00 Å². The predicted octanol–water partition coefficient (Wildman–Crippen LogP) is 2.08. The Labute approximate surface area is 111 Å². The van der Waals surface area contributed by atoms with Gasteiger partial charge in [0.1, 0.15) is 11.6 Å². The maximum atomic E-state index is 10.8. The minimum absolute atomic E-state index is 0.0971. The Morgan fingerprint density at radius 2 is 2.32 bits per heavy atom. The van der Waals surface area contributed by atoms with Crippen molar-refractivity contribution in [3.8, 4) is 6.07 Å². The van der Waals surface area contributed by atoms with Crippen LogP contribution in [0.5, 0.6) is 0 Å². The lowest BCUT2D eigenvalue weighted by Gasteiger charge is -2.28. The van der Waals surface area contributed by atoms with Crippen LogP contribution in [0.25, 0.3) is 0 Å². The molecule has 0 aliphatic carbocycles. The molecule has 1 aliphatic heterocycles. The second-order valence-electron chi connectivity index (χ2n) is 4.51. The van der Waals surface area contributed by atoms with E-state index in [1.54, 1.807) is 12.1 Å². The molecule has 1 fully saturated rings. The lowest BCUT2D eigenvalue weighted by Crippen LogP contribution is -2.33. The topological polar surface area (TPSA) is 79.4 Å². The van der Waals surface area contributed by atoms with Crippen LogP contribution in [-0.2, 0) is 4.74 Å². The van der Waals surface area contributed by atoms with Crippen LogP contribution < -0.4 is 4.90 Å². The molecule has 19 heavy (non-hydrogen) atoms. The average Bonchev–Trinajstić information content (AvgIpc) is 2.62. The van der Waals surface area contributed by atoms with E-state index >= 15 is 0 Å². The highest BCUT2D eigenvalue weighted by molar-refractivity contribution is 5.60. The second kappa shape index (κ2) is 5.67. The third-order valence-electron chi connectivity index (χ3n) is 3.32. The highest BCUT2D eigenvalue weighted by Crippen LogP contribution is 2.26. The molecule has 1 heterocycles. The van der Waals surface area contributed by atoms with Gasteiger partial charge >= 0.3 is 0 Å². The van der Waals surface area contributed by atoms with Gasteiger partial charge in [-0.2, -0.15) is 5.26 Å². The van der Waals surface area contributed by atoms with Crippen molar-refractivity contribution >= 4 is 11.4 Å². The van der Waals surface area contributed by atoms with E-state index in [9.17, 15) is 10.1 Å². The zero-order chi connectivity index (χ0) is 13.8. The van der Waals surface area contributed by atoms with Crippen LogP contribution in [0, 0.1) is 21.4 Å². The summed E-state index contributed by atoms with van der Waals surface area (Å²) in [5.74, 6) is 0. The molecule has 6 heteroatoms.